The number of para-hydroxylation sites is 1. The van der Waals surface area contributed by atoms with Gasteiger partial charge in [0.2, 0.25) is 5.91 Å². The van der Waals surface area contributed by atoms with E-state index in [1.54, 1.807) is 16.8 Å². The lowest BCUT2D eigenvalue weighted by atomic mass is 9.86. The Morgan fingerprint density at radius 3 is 2.56 bits per heavy atom. The molecule has 8 nitrogen and oxygen atoms in total. The number of hydrogen-bond acceptors (Lipinski definition) is 5. The summed E-state index contributed by atoms with van der Waals surface area (Å²) in [5.74, 6) is -0.290. The van der Waals surface area contributed by atoms with Crippen molar-refractivity contribution in [3.8, 4) is 0 Å². The fraction of sp³-hybridized carbons (Fsp3) is 0.360. The van der Waals surface area contributed by atoms with E-state index in [4.69, 9.17) is 0 Å². The zero-order chi connectivity index (χ0) is 24.3. The van der Waals surface area contributed by atoms with Gasteiger partial charge in [-0.05, 0) is 29.2 Å². The molecule has 0 saturated carbocycles. The molecule has 1 aromatic heterocycles. The predicted octanol–water partition coefficient (Wildman–Crippen LogP) is 2.49. The second-order valence-electron chi connectivity index (χ2n) is 9.40. The van der Waals surface area contributed by atoms with Gasteiger partial charge in [-0.1, -0.05) is 51.1 Å². The smallest absolute Gasteiger partial charge is 0.273 e. The lowest BCUT2D eigenvalue weighted by Crippen LogP contribution is -2.54. The molecule has 2 aromatic carbocycles. The highest BCUT2D eigenvalue weighted by Gasteiger charge is 2.34. The maximum atomic E-state index is 13.3. The van der Waals surface area contributed by atoms with E-state index < -0.39 is 17.4 Å². The standard InChI is InChI=1S/C25H29FN6O2/c1-25(2,3)22(24(34)29-14-20-27-12-13-28-20)30-23(33)21-18-6-4-5-7-19(18)32(31-21)15-16-8-10-17(26)11-9-16/h4-11,22H,12-15H2,1-3H3,(H,27,28)(H,29,34)(H,30,33). The first-order valence-electron chi connectivity index (χ1n) is 11.3. The number of carbonyl (C=O) groups excluding carboxylic acids is 2. The number of aromatic nitrogens is 2. The molecule has 0 bridgehead atoms. The van der Waals surface area contributed by atoms with Gasteiger partial charge in [-0.25, -0.2) is 4.39 Å². The van der Waals surface area contributed by atoms with Crippen LogP contribution in [0.2, 0.25) is 0 Å². The summed E-state index contributed by atoms with van der Waals surface area (Å²) in [4.78, 5) is 30.6. The average molecular weight is 465 g/mol. The quantitative estimate of drug-likeness (QED) is 0.500. The highest BCUT2D eigenvalue weighted by Crippen LogP contribution is 2.23. The van der Waals surface area contributed by atoms with Crippen LogP contribution in [0.5, 0.6) is 0 Å². The van der Waals surface area contributed by atoms with E-state index in [2.05, 4.69) is 26.0 Å². The summed E-state index contributed by atoms with van der Waals surface area (Å²) in [5.41, 5.74) is 1.34. The van der Waals surface area contributed by atoms with Gasteiger partial charge in [0.05, 0.1) is 25.2 Å². The number of fused-ring (bicyclic) bond motifs is 1. The molecule has 1 unspecified atom stereocenters. The first-order valence-corrected chi connectivity index (χ1v) is 11.3. The van der Waals surface area contributed by atoms with E-state index in [1.165, 1.54) is 12.1 Å². The monoisotopic (exact) mass is 464 g/mol. The molecule has 0 saturated heterocycles. The van der Waals surface area contributed by atoms with Crippen LogP contribution in [0.4, 0.5) is 4.39 Å². The lowest BCUT2D eigenvalue weighted by Gasteiger charge is -2.30. The molecular formula is C25H29FN6O2. The summed E-state index contributed by atoms with van der Waals surface area (Å²) in [6.45, 7) is 7.82. The number of hydrogen-bond donors (Lipinski definition) is 3. The van der Waals surface area contributed by atoms with Gasteiger partial charge in [-0.15, -0.1) is 0 Å². The van der Waals surface area contributed by atoms with E-state index in [-0.39, 0.29) is 24.0 Å². The number of halogens is 1. The Balaban J connectivity index is 1.56. The summed E-state index contributed by atoms with van der Waals surface area (Å²) < 4.78 is 15.0. The van der Waals surface area contributed by atoms with Gasteiger partial charge in [-0.2, -0.15) is 5.10 Å². The topological polar surface area (TPSA) is 100 Å². The number of benzene rings is 2. The number of aliphatic imine (C=N–C) groups is 1. The van der Waals surface area contributed by atoms with Crippen molar-refractivity contribution in [2.24, 2.45) is 10.4 Å². The molecular weight excluding hydrogens is 435 g/mol. The normalized spacial score (nSPS) is 14.4. The summed E-state index contributed by atoms with van der Waals surface area (Å²) in [6, 6.07) is 12.8. The molecule has 1 aliphatic heterocycles. The number of rotatable bonds is 7. The Kier molecular flexibility index (Phi) is 6.63. The van der Waals surface area contributed by atoms with Crippen LogP contribution in [-0.4, -0.2) is 53.1 Å². The Morgan fingerprint density at radius 2 is 1.88 bits per heavy atom. The minimum Gasteiger partial charge on any atom is -0.370 e. The SMILES string of the molecule is CC(C)(C)C(NC(=O)c1nn(Cc2ccc(F)cc2)c2ccccc12)C(=O)NCC1=NCCN1. The van der Waals surface area contributed by atoms with Gasteiger partial charge in [0.15, 0.2) is 5.69 Å². The fourth-order valence-electron chi connectivity index (χ4n) is 3.89. The van der Waals surface area contributed by atoms with Crippen LogP contribution in [0.15, 0.2) is 53.5 Å². The zero-order valence-corrected chi connectivity index (χ0v) is 19.6. The van der Waals surface area contributed by atoms with Crippen molar-refractivity contribution >= 4 is 28.6 Å². The molecule has 4 rings (SSSR count). The van der Waals surface area contributed by atoms with Gasteiger partial charge in [0.25, 0.3) is 5.91 Å². The number of nitrogens with zero attached hydrogens (tertiary/aromatic N) is 3. The molecule has 178 valence electrons. The molecule has 0 spiro atoms. The molecule has 3 aromatic rings. The Bertz CT molecular complexity index is 1230. The zero-order valence-electron chi connectivity index (χ0n) is 19.6. The van der Waals surface area contributed by atoms with Gasteiger partial charge in [0, 0.05) is 11.9 Å². The molecule has 1 atom stereocenters. The van der Waals surface area contributed by atoms with Crippen LogP contribution >= 0.6 is 0 Å². The summed E-state index contributed by atoms with van der Waals surface area (Å²) in [6.07, 6.45) is 0. The van der Waals surface area contributed by atoms with Crippen LogP contribution in [0.3, 0.4) is 0 Å². The summed E-state index contributed by atoms with van der Waals surface area (Å²) >= 11 is 0. The predicted molar refractivity (Wildman–Crippen MR) is 129 cm³/mol. The third-order valence-corrected chi connectivity index (χ3v) is 5.70. The van der Waals surface area contributed by atoms with Gasteiger partial charge >= 0.3 is 0 Å². The summed E-state index contributed by atoms with van der Waals surface area (Å²) in [7, 11) is 0. The molecule has 2 amide bonds. The molecule has 0 aliphatic carbocycles. The second-order valence-corrected chi connectivity index (χ2v) is 9.40. The van der Waals surface area contributed by atoms with Crippen LogP contribution < -0.4 is 16.0 Å². The Hall–Kier alpha value is -3.75. The fourth-order valence-corrected chi connectivity index (χ4v) is 3.89. The number of carbonyl (C=O) groups is 2. The van der Waals surface area contributed by atoms with Crippen molar-refractivity contribution in [3.63, 3.8) is 0 Å². The number of amidine groups is 1. The average Bonchev–Trinajstić information content (AvgIpc) is 3.45. The maximum absolute atomic E-state index is 13.3. The van der Waals surface area contributed by atoms with Crippen molar-refractivity contribution < 1.29 is 14.0 Å². The molecule has 0 radical (unpaired) electrons. The van der Waals surface area contributed by atoms with E-state index in [0.717, 1.165) is 23.5 Å². The second kappa shape index (κ2) is 9.62. The van der Waals surface area contributed by atoms with Crippen LogP contribution in [0.1, 0.15) is 36.8 Å². The van der Waals surface area contributed by atoms with Crippen molar-refractivity contribution in [1.29, 1.82) is 0 Å². The molecule has 34 heavy (non-hydrogen) atoms. The Labute approximate surface area is 197 Å². The molecule has 1 aliphatic rings. The number of amides is 2. The van der Waals surface area contributed by atoms with E-state index >= 15 is 0 Å². The molecule has 0 fully saturated rings. The van der Waals surface area contributed by atoms with Gasteiger partial charge < -0.3 is 16.0 Å². The number of nitrogens with one attached hydrogen (secondary N) is 3. The van der Waals surface area contributed by atoms with Crippen molar-refractivity contribution in [2.75, 3.05) is 19.6 Å². The minimum atomic E-state index is -0.775. The van der Waals surface area contributed by atoms with Gasteiger partial charge in [-0.3, -0.25) is 19.3 Å². The summed E-state index contributed by atoms with van der Waals surface area (Å²) in [5, 5.41) is 14.1. The molecule has 9 heteroatoms. The minimum absolute atomic E-state index is 0.238. The third-order valence-electron chi connectivity index (χ3n) is 5.70. The van der Waals surface area contributed by atoms with E-state index in [0.29, 0.717) is 18.5 Å². The van der Waals surface area contributed by atoms with Gasteiger partial charge in [0.1, 0.15) is 17.7 Å². The Morgan fingerprint density at radius 1 is 1.15 bits per heavy atom. The first-order chi connectivity index (χ1) is 16.2. The van der Waals surface area contributed by atoms with Crippen LogP contribution in [-0.2, 0) is 11.3 Å². The largest absolute Gasteiger partial charge is 0.370 e. The molecule has 2 heterocycles. The van der Waals surface area contributed by atoms with Crippen molar-refractivity contribution in [3.05, 3.63) is 65.6 Å². The van der Waals surface area contributed by atoms with Crippen LogP contribution in [0.25, 0.3) is 10.9 Å². The van der Waals surface area contributed by atoms with Crippen molar-refractivity contribution in [1.82, 2.24) is 25.7 Å². The van der Waals surface area contributed by atoms with E-state index in [9.17, 15) is 14.0 Å². The highest BCUT2D eigenvalue weighted by atomic mass is 19.1. The first kappa shape index (κ1) is 23.4. The van der Waals surface area contributed by atoms with Crippen LogP contribution in [0, 0.1) is 11.2 Å². The lowest BCUT2D eigenvalue weighted by molar-refractivity contribution is -0.125. The molecule has 3 N–H and O–H groups in total. The third kappa shape index (κ3) is 5.24. The maximum Gasteiger partial charge on any atom is 0.273 e. The van der Waals surface area contributed by atoms with E-state index in [1.807, 2.05) is 45.0 Å². The van der Waals surface area contributed by atoms with Crippen molar-refractivity contribution in [2.45, 2.75) is 33.4 Å². The highest BCUT2D eigenvalue weighted by molar-refractivity contribution is 6.06.